The van der Waals surface area contributed by atoms with Crippen molar-refractivity contribution in [2.45, 2.75) is 35.2 Å². The topological polar surface area (TPSA) is 121 Å². The van der Waals surface area contributed by atoms with Gasteiger partial charge < -0.3 is 20.7 Å². The Kier molecular flexibility index (Phi) is 4.90. The van der Waals surface area contributed by atoms with E-state index in [-0.39, 0.29) is 11.1 Å². The molecule has 8 nitrogen and oxygen atoms in total. The van der Waals surface area contributed by atoms with E-state index in [1.165, 1.54) is 23.9 Å². The molecule has 0 radical (unpaired) electrons. The Morgan fingerprint density at radius 2 is 2.11 bits per heavy atom. The lowest BCUT2D eigenvalue weighted by Gasteiger charge is -2.36. The predicted octanol–water partition coefficient (Wildman–Crippen LogP) is 3.17. The number of aromatic carboxylic acids is 1. The molecule has 1 aliphatic heterocycles. The number of fused-ring (bicyclic) bond motifs is 1. The fourth-order valence-electron chi connectivity index (χ4n) is 3.02. The van der Waals surface area contributed by atoms with Crippen LogP contribution in [0.25, 0.3) is 11.3 Å². The van der Waals surface area contributed by atoms with Crippen LogP contribution in [0.1, 0.15) is 30.1 Å². The number of carbonyl (C=O) groups is 1. The molecule has 1 aromatic carbocycles. The van der Waals surface area contributed by atoms with E-state index in [9.17, 15) is 4.79 Å². The van der Waals surface area contributed by atoms with Gasteiger partial charge in [0.2, 0.25) is 5.95 Å². The first-order valence-corrected chi connectivity index (χ1v) is 9.97. The second kappa shape index (κ2) is 7.23. The second-order valence-electron chi connectivity index (χ2n) is 7.13. The number of nitrogens with zero attached hydrogens (tertiary/aromatic N) is 4. The largest absolute Gasteiger partial charge is 0.478 e. The Balaban J connectivity index is 1.54. The third kappa shape index (κ3) is 3.91. The number of nitrogens with one attached hydrogen (secondary N) is 1. The molecule has 0 spiro atoms. The highest BCUT2D eigenvalue weighted by molar-refractivity contribution is 7.99. The molecule has 3 aromatic rings. The molecule has 1 aliphatic rings. The summed E-state index contributed by atoms with van der Waals surface area (Å²) in [5, 5.41) is 10.0. The highest BCUT2D eigenvalue weighted by Crippen LogP contribution is 2.33. The van der Waals surface area contributed by atoms with Crippen LogP contribution in [0, 0.1) is 0 Å². The summed E-state index contributed by atoms with van der Waals surface area (Å²) in [7, 11) is 0. The Morgan fingerprint density at radius 3 is 2.79 bits per heavy atom. The molecule has 146 valence electrons. The maximum Gasteiger partial charge on any atom is 0.335 e. The lowest BCUT2D eigenvalue weighted by atomic mass is 9.91. The second-order valence-corrected chi connectivity index (χ2v) is 8.60. The quantitative estimate of drug-likeness (QED) is 0.590. The number of imidazole rings is 1. The van der Waals surface area contributed by atoms with Crippen molar-refractivity contribution in [2.75, 3.05) is 18.0 Å². The summed E-state index contributed by atoms with van der Waals surface area (Å²) in [6.07, 6.45) is 3.44. The maximum absolute atomic E-state index is 11.0. The molecule has 10 heteroatoms. The molecule has 1 fully saturated rings. The van der Waals surface area contributed by atoms with Crippen molar-refractivity contribution in [3.05, 3.63) is 35.0 Å². The average Bonchev–Trinajstić information content (AvgIpc) is 3.06. The fraction of sp³-hybridized carbons (Fsp3) is 0.333. The molecule has 0 bridgehead atoms. The van der Waals surface area contributed by atoms with Crippen LogP contribution in [-0.2, 0) is 0 Å². The summed E-state index contributed by atoms with van der Waals surface area (Å²) in [6, 6.07) is 4.60. The number of aromatic amines is 1. The van der Waals surface area contributed by atoms with Crippen molar-refractivity contribution in [1.82, 2.24) is 19.9 Å². The van der Waals surface area contributed by atoms with Crippen molar-refractivity contribution in [3.63, 3.8) is 0 Å². The number of aromatic nitrogens is 4. The van der Waals surface area contributed by atoms with Gasteiger partial charge in [-0.15, -0.1) is 0 Å². The first-order chi connectivity index (χ1) is 13.3. The zero-order valence-corrected chi connectivity index (χ0v) is 16.7. The van der Waals surface area contributed by atoms with E-state index < -0.39 is 5.97 Å². The van der Waals surface area contributed by atoms with E-state index in [0.717, 1.165) is 31.9 Å². The summed E-state index contributed by atoms with van der Waals surface area (Å²) in [5.41, 5.74) is 7.36. The van der Waals surface area contributed by atoms with Crippen LogP contribution in [0.3, 0.4) is 0 Å². The number of anilines is 1. The number of H-pyrrole nitrogens is 1. The third-order valence-electron chi connectivity index (χ3n) is 4.77. The van der Waals surface area contributed by atoms with Gasteiger partial charge in [0.25, 0.3) is 0 Å². The van der Waals surface area contributed by atoms with Crippen LogP contribution >= 0.6 is 23.4 Å². The molecule has 28 heavy (non-hydrogen) atoms. The third-order valence-corrected chi connectivity index (χ3v) is 6.18. The monoisotopic (exact) mass is 418 g/mol. The van der Waals surface area contributed by atoms with Crippen molar-refractivity contribution in [3.8, 4) is 0 Å². The smallest absolute Gasteiger partial charge is 0.335 e. The van der Waals surface area contributed by atoms with Crippen LogP contribution in [0.15, 0.2) is 34.3 Å². The van der Waals surface area contributed by atoms with Crippen LogP contribution in [0.5, 0.6) is 0 Å². The van der Waals surface area contributed by atoms with Crippen LogP contribution in [0.2, 0.25) is 5.02 Å². The van der Waals surface area contributed by atoms with Crippen LogP contribution in [0.4, 0.5) is 5.95 Å². The number of halogens is 1. The number of nitrogens with two attached hydrogens (primary N) is 1. The molecule has 0 unspecified atom stereocenters. The minimum Gasteiger partial charge on any atom is -0.478 e. The van der Waals surface area contributed by atoms with Gasteiger partial charge in [0, 0.05) is 23.5 Å². The SMILES string of the molecule is CC1(N)CCN(c2nc3nc(Sc4ccc(C(=O)O)cc4Cl)cnc3[nH]2)CC1. The van der Waals surface area contributed by atoms with Gasteiger partial charge in [0.05, 0.1) is 16.8 Å². The van der Waals surface area contributed by atoms with Gasteiger partial charge in [-0.2, -0.15) is 4.98 Å². The van der Waals surface area contributed by atoms with E-state index >= 15 is 0 Å². The lowest BCUT2D eigenvalue weighted by Crippen LogP contribution is -2.48. The van der Waals surface area contributed by atoms with Crippen molar-refractivity contribution in [2.24, 2.45) is 5.73 Å². The molecular formula is C18H19ClN6O2S. The van der Waals surface area contributed by atoms with Gasteiger partial charge in [-0.05, 0) is 38.0 Å². The number of hydrogen-bond acceptors (Lipinski definition) is 7. The fourth-order valence-corrected chi connectivity index (χ4v) is 4.07. The Hall–Kier alpha value is -2.36. The van der Waals surface area contributed by atoms with E-state index in [1.54, 1.807) is 12.3 Å². The normalized spacial score (nSPS) is 16.5. The summed E-state index contributed by atoms with van der Waals surface area (Å²) in [5.74, 6) is -0.270. The Bertz CT molecular complexity index is 1040. The molecule has 0 aliphatic carbocycles. The maximum atomic E-state index is 11.0. The van der Waals surface area contributed by atoms with Gasteiger partial charge >= 0.3 is 5.97 Å². The minimum atomic E-state index is -1.02. The summed E-state index contributed by atoms with van der Waals surface area (Å²) in [4.78, 5) is 30.6. The molecule has 4 N–H and O–H groups in total. The number of rotatable bonds is 4. The first kappa shape index (κ1) is 19.0. The number of carboxylic acid groups (broad SMARTS) is 1. The van der Waals surface area contributed by atoms with E-state index in [4.69, 9.17) is 22.4 Å². The highest BCUT2D eigenvalue weighted by Gasteiger charge is 2.27. The Labute approximate surface area is 170 Å². The number of carboxylic acids is 1. The van der Waals surface area contributed by atoms with Crippen LogP contribution in [-0.4, -0.2) is 49.6 Å². The van der Waals surface area contributed by atoms with Gasteiger partial charge in [0.15, 0.2) is 11.3 Å². The molecule has 4 rings (SSSR count). The zero-order chi connectivity index (χ0) is 19.9. The van der Waals surface area contributed by atoms with Gasteiger partial charge in [-0.3, -0.25) is 0 Å². The van der Waals surface area contributed by atoms with Gasteiger partial charge in [-0.25, -0.2) is 14.8 Å². The zero-order valence-electron chi connectivity index (χ0n) is 15.1. The molecular weight excluding hydrogens is 400 g/mol. The molecule has 0 saturated carbocycles. The average molecular weight is 419 g/mol. The first-order valence-electron chi connectivity index (χ1n) is 8.78. The lowest BCUT2D eigenvalue weighted by molar-refractivity contribution is 0.0697. The minimum absolute atomic E-state index is 0.127. The molecule has 1 saturated heterocycles. The van der Waals surface area contributed by atoms with Crippen molar-refractivity contribution in [1.29, 1.82) is 0 Å². The van der Waals surface area contributed by atoms with Crippen molar-refractivity contribution >= 4 is 46.6 Å². The summed E-state index contributed by atoms with van der Waals surface area (Å²) in [6.45, 7) is 3.74. The summed E-state index contributed by atoms with van der Waals surface area (Å²) >= 11 is 7.51. The molecule has 0 atom stereocenters. The van der Waals surface area contributed by atoms with E-state index in [1.807, 2.05) is 0 Å². The predicted molar refractivity (Wildman–Crippen MR) is 108 cm³/mol. The summed E-state index contributed by atoms with van der Waals surface area (Å²) < 4.78 is 0. The van der Waals surface area contributed by atoms with Crippen LogP contribution < -0.4 is 10.6 Å². The highest BCUT2D eigenvalue weighted by atomic mass is 35.5. The van der Waals surface area contributed by atoms with Crippen molar-refractivity contribution < 1.29 is 9.90 Å². The molecule has 2 aromatic heterocycles. The Morgan fingerprint density at radius 1 is 1.36 bits per heavy atom. The molecule has 3 heterocycles. The van der Waals surface area contributed by atoms with E-state index in [2.05, 4.69) is 31.8 Å². The van der Waals surface area contributed by atoms with Gasteiger partial charge in [0.1, 0.15) is 5.03 Å². The molecule has 0 amide bonds. The number of hydrogen-bond donors (Lipinski definition) is 3. The standard InChI is InChI=1S/C18H19ClN6O2S/c1-18(20)4-6-25(7-5-18)17-23-14-15(24-17)22-13(9-21-14)28-12-3-2-10(16(26)27)8-11(12)19/h2-3,8-9H,4-7,20H2,1H3,(H,26,27)(H,21,22,23,24). The number of piperidine rings is 1. The number of benzene rings is 1. The van der Waals surface area contributed by atoms with E-state index in [0.29, 0.717) is 26.2 Å². The van der Waals surface area contributed by atoms with Gasteiger partial charge in [-0.1, -0.05) is 23.4 Å².